The summed E-state index contributed by atoms with van der Waals surface area (Å²) in [7, 11) is 1.89. The van der Waals surface area contributed by atoms with Gasteiger partial charge in [-0.2, -0.15) is 0 Å². The molecule has 7 heteroatoms. The molecule has 0 unspecified atom stereocenters. The predicted molar refractivity (Wildman–Crippen MR) is 114 cm³/mol. The number of halogens is 2. The molecule has 3 aromatic heterocycles. The van der Waals surface area contributed by atoms with E-state index in [1.54, 1.807) is 30.7 Å². The van der Waals surface area contributed by atoms with Crippen LogP contribution in [0.1, 0.15) is 0 Å². The lowest BCUT2D eigenvalue weighted by molar-refractivity contribution is 0.318. The predicted octanol–water partition coefficient (Wildman–Crippen LogP) is 5.20. The molecule has 0 aliphatic rings. The average molecular weight is 413 g/mol. The zero-order chi connectivity index (χ0) is 19.5. The summed E-state index contributed by atoms with van der Waals surface area (Å²) in [5.74, 6) is 0.684. The van der Waals surface area contributed by atoms with Gasteiger partial charge in [-0.15, -0.1) is 0 Å². The Kier molecular flexibility index (Phi) is 5.48. The number of H-pyrrole nitrogens is 1. The summed E-state index contributed by atoms with van der Waals surface area (Å²) in [6, 6.07) is 11.2. The van der Waals surface area contributed by atoms with Crippen LogP contribution in [0.2, 0.25) is 10.0 Å². The second-order valence-electron chi connectivity index (χ2n) is 6.22. The van der Waals surface area contributed by atoms with E-state index in [1.807, 2.05) is 31.3 Å². The maximum atomic E-state index is 6.54. The average Bonchev–Trinajstić information content (AvgIpc) is 3.09. The van der Waals surface area contributed by atoms with Gasteiger partial charge >= 0.3 is 0 Å². The number of fused-ring (bicyclic) bond motifs is 1. The van der Waals surface area contributed by atoms with Gasteiger partial charge in [0.25, 0.3) is 0 Å². The van der Waals surface area contributed by atoms with Crippen LogP contribution in [0, 0.1) is 0 Å². The summed E-state index contributed by atoms with van der Waals surface area (Å²) in [5.41, 5.74) is 5.16. The number of aromatic nitrogens is 3. The van der Waals surface area contributed by atoms with Crippen LogP contribution in [0.4, 0.5) is 0 Å². The third-order valence-corrected chi connectivity index (χ3v) is 4.98. The quantitative estimate of drug-likeness (QED) is 0.427. The number of nitrogens with zero attached hydrogens (tertiary/aromatic N) is 2. The van der Waals surface area contributed by atoms with E-state index < -0.39 is 0 Å². The lowest BCUT2D eigenvalue weighted by atomic mass is 10.0. The highest BCUT2D eigenvalue weighted by Crippen LogP contribution is 2.43. The molecule has 4 aromatic rings. The monoisotopic (exact) mass is 412 g/mol. The van der Waals surface area contributed by atoms with Crippen molar-refractivity contribution in [1.29, 1.82) is 0 Å². The Labute approximate surface area is 172 Å². The number of hydrogen-bond acceptors (Lipinski definition) is 4. The highest BCUT2D eigenvalue weighted by atomic mass is 35.5. The van der Waals surface area contributed by atoms with Crippen molar-refractivity contribution in [3.63, 3.8) is 0 Å². The minimum atomic E-state index is 0.529. The number of benzene rings is 1. The maximum Gasteiger partial charge on any atom is 0.146 e. The fraction of sp³-hybridized carbons (Fsp3) is 0.143. The van der Waals surface area contributed by atoms with Gasteiger partial charge in [0.2, 0.25) is 0 Å². The van der Waals surface area contributed by atoms with E-state index in [-0.39, 0.29) is 0 Å². The largest absolute Gasteiger partial charge is 0.490 e. The van der Waals surface area contributed by atoms with Crippen LogP contribution in [-0.4, -0.2) is 35.2 Å². The summed E-state index contributed by atoms with van der Waals surface area (Å²) in [6.07, 6.45) is 5.22. The van der Waals surface area contributed by atoms with Gasteiger partial charge < -0.3 is 15.0 Å². The van der Waals surface area contributed by atoms with E-state index in [0.29, 0.717) is 22.4 Å². The van der Waals surface area contributed by atoms with E-state index in [1.165, 1.54) is 0 Å². The van der Waals surface area contributed by atoms with Gasteiger partial charge in [0.15, 0.2) is 0 Å². The molecule has 0 aliphatic heterocycles. The number of ether oxygens (including phenoxy) is 1. The third kappa shape index (κ3) is 3.56. The minimum Gasteiger partial charge on any atom is -0.490 e. The summed E-state index contributed by atoms with van der Waals surface area (Å²) in [4.78, 5) is 12.3. The third-order valence-electron chi connectivity index (χ3n) is 4.42. The molecule has 0 fully saturated rings. The molecule has 1 aromatic carbocycles. The molecule has 0 atom stereocenters. The van der Waals surface area contributed by atoms with Gasteiger partial charge in [-0.25, -0.2) is 0 Å². The Morgan fingerprint density at radius 3 is 2.86 bits per heavy atom. The van der Waals surface area contributed by atoms with Crippen LogP contribution in [0.3, 0.4) is 0 Å². The SMILES string of the molecule is CNCCOc1cnccc1-c1[nH]c2cccnc2c1-c1cc(Cl)ccc1Cl. The smallest absolute Gasteiger partial charge is 0.146 e. The Morgan fingerprint density at radius 2 is 2.00 bits per heavy atom. The Hall–Kier alpha value is -2.60. The molecule has 0 radical (unpaired) electrons. The van der Waals surface area contributed by atoms with Crippen molar-refractivity contribution >= 4 is 34.2 Å². The fourth-order valence-electron chi connectivity index (χ4n) is 3.14. The number of hydrogen-bond donors (Lipinski definition) is 2. The number of nitrogens with one attached hydrogen (secondary N) is 2. The summed E-state index contributed by atoms with van der Waals surface area (Å²) < 4.78 is 5.95. The first-order valence-corrected chi connectivity index (χ1v) is 9.58. The van der Waals surface area contributed by atoms with E-state index >= 15 is 0 Å². The molecule has 28 heavy (non-hydrogen) atoms. The molecule has 3 heterocycles. The van der Waals surface area contributed by atoms with Crippen molar-refractivity contribution in [2.45, 2.75) is 0 Å². The molecule has 0 saturated heterocycles. The van der Waals surface area contributed by atoms with Crippen molar-refractivity contribution in [1.82, 2.24) is 20.3 Å². The number of likely N-dealkylation sites (N-methyl/N-ethyl adjacent to an activating group) is 1. The minimum absolute atomic E-state index is 0.529. The van der Waals surface area contributed by atoms with Crippen LogP contribution in [-0.2, 0) is 0 Å². The number of rotatable bonds is 6. The van der Waals surface area contributed by atoms with Crippen LogP contribution >= 0.6 is 23.2 Å². The van der Waals surface area contributed by atoms with Crippen molar-refractivity contribution in [2.75, 3.05) is 20.2 Å². The molecule has 2 N–H and O–H groups in total. The highest BCUT2D eigenvalue weighted by molar-refractivity contribution is 6.36. The summed E-state index contributed by atoms with van der Waals surface area (Å²) in [6.45, 7) is 1.26. The van der Waals surface area contributed by atoms with Crippen molar-refractivity contribution in [3.05, 3.63) is 65.0 Å². The lowest BCUT2D eigenvalue weighted by Gasteiger charge is -2.12. The van der Waals surface area contributed by atoms with Crippen LogP contribution < -0.4 is 10.1 Å². The van der Waals surface area contributed by atoms with Crippen LogP contribution in [0.15, 0.2) is 55.0 Å². The number of aromatic amines is 1. The van der Waals surface area contributed by atoms with Gasteiger partial charge in [0, 0.05) is 45.7 Å². The first-order chi connectivity index (χ1) is 13.7. The van der Waals surface area contributed by atoms with E-state index in [2.05, 4.69) is 20.3 Å². The molecule has 0 saturated carbocycles. The molecule has 5 nitrogen and oxygen atoms in total. The zero-order valence-corrected chi connectivity index (χ0v) is 16.7. The van der Waals surface area contributed by atoms with Gasteiger partial charge in [-0.05, 0) is 43.4 Å². The van der Waals surface area contributed by atoms with Crippen LogP contribution in [0.5, 0.6) is 5.75 Å². The fourth-order valence-corrected chi connectivity index (χ4v) is 3.52. The Bertz CT molecular complexity index is 1130. The van der Waals surface area contributed by atoms with Crippen molar-refractivity contribution in [2.24, 2.45) is 0 Å². The Morgan fingerprint density at radius 1 is 1.11 bits per heavy atom. The standard InChI is InChI=1S/C21H18Cl2N4O/c1-24-9-10-28-18-12-25-8-6-14(18)20-19(15-11-13(22)4-5-16(15)23)21-17(27-20)3-2-7-26-21/h2-8,11-12,24,27H,9-10H2,1H3. The molecular formula is C21H18Cl2N4O. The molecule has 4 rings (SSSR count). The lowest BCUT2D eigenvalue weighted by Crippen LogP contribution is -2.16. The van der Waals surface area contributed by atoms with Gasteiger partial charge in [-0.3, -0.25) is 9.97 Å². The second-order valence-corrected chi connectivity index (χ2v) is 7.07. The van der Waals surface area contributed by atoms with Gasteiger partial charge in [-0.1, -0.05) is 23.2 Å². The molecule has 0 spiro atoms. The maximum absolute atomic E-state index is 6.54. The zero-order valence-electron chi connectivity index (χ0n) is 15.2. The molecule has 0 amide bonds. The highest BCUT2D eigenvalue weighted by Gasteiger charge is 2.21. The normalized spacial score (nSPS) is 11.1. The second kappa shape index (κ2) is 8.19. The summed E-state index contributed by atoms with van der Waals surface area (Å²) in [5, 5.41) is 4.28. The molecule has 142 valence electrons. The van der Waals surface area contributed by atoms with Crippen molar-refractivity contribution < 1.29 is 4.74 Å². The molecule has 0 aliphatic carbocycles. The Balaban J connectivity index is 1.95. The first-order valence-electron chi connectivity index (χ1n) is 8.83. The van der Waals surface area contributed by atoms with Crippen molar-refractivity contribution in [3.8, 4) is 28.1 Å². The van der Waals surface area contributed by atoms with Gasteiger partial charge in [0.1, 0.15) is 12.4 Å². The van der Waals surface area contributed by atoms with E-state index in [4.69, 9.17) is 27.9 Å². The van der Waals surface area contributed by atoms with Crippen LogP contribution in [0.25, 0.3) is 33.4 Å². The molecule has 0 bridgehead atoms. The molecular weight excluding hydrogens is 395 g/mol. The topological polar surface area (TPSA) is 62.8 Å². The van der Waals surface area contributed by atoms with E-state index in [0.717, 1.165) is 40.0 Å². The van der Waals surface area contributed by atoms with E-state index in [9.17, 15) is 0 Å². The van der Waals surface area contributed by atoms with Gasteiger partial charge in [0.05, 0.1) is 22.9 Å². The summed E-state index contributed by atoms with van der Waals surface area (Å²) >= 11 is 12.8. The number of pyridine rings is 2. The first kappa shape index (κ1) is 18.7.